The summed E-state index contributed by atoms with van der Waals surface area (Å²) in [6.45, 7) is 1.70. The van der Waals surface area contributed by atoms with E-state index in [1.54, 1.807) is 24.3 Å². The van der Waals surface area contributed by atoms with Crippen molar-refractivity contribution in [2.45, 2.75) is 13.1 Å². The van der Waals surface area contributed by atoms with Crippen LogP contribution in [0.4, 0.5) is 13.2 Å². The zero-order valence-corrected chi connectivity index (χ0v) is 33.5. The maximum absolute atomic E-state index is 14.1. The molecule has 0 unspecified atom stereocenters. The van der Waals surface area contributed by atoms with E-state index in [4.69, 9.17) is 15.0 Å². The molecule has 61 heavy (non-hydrogen) atoms. The molecule has 292 valence electrons. The lowest BCUT2D eigenvalue weighted by atomic mass is 9.96. The summed E-state index contributed by atoms with van der Waals surface area (Å²) in [6, 6.07) is 59.6. The lowest BCUT2D eigenvalue weighted by Gasteiger charge is -2.17. The van der Waals surface area contributed by atoms with E-state index in [1.165, 1.54) is 32.3 Å². The van der Waals surface area contributed by atoms with Crippen molar-refractivity contribution in [1.82, 2.24) is 19.5 Å². The molecule has 0 saturated carbocycles. The van der Waals surface area contributed by atoms with Crippen LogP contribution in [0.15, 0.2) is 182 Å². The second-order valence-corrected chi connectivity index (χ2v) is 16.3. The molecule has 0 fully saturated rings. The number of hydrogen-bond acceptors (Lipinski definition) is 4. The van der Waals surface area contributed by atoms with Crippen molar-refractivity contribution in [2.24, 2.45) is 0 Å². The smallest absolute Gasteiger partial charge is 0.308 e. The normalized spacial score (nSPS) is 11.9. The lowest BCUT2D eigenvalue weighted by Crippen LogP contribution is -2.05. The molecular formula is C53H33F3N4S. The molecule has 0 saturated heterocycles. The number of benzene rings is 8. The first-order chi connectivity index (χ1) is 29.8. The number of hydrogen-bond donors (Lipinski definition) is 0. The highest BCUT2D eigenvalue weighted by Crippen LogP contribution is 2.44. The summed E-state index contributed by atoms with van der Waals surface area (Å²) < 4.78 is 46.9. The molecular weight excluding hydrogens is 782 g/mol. The van der Waals surface area contributed by atoms with Gasteiger partial charge < -0.3 is 4.57 Å². The number of aromatic nitrogens is 4. The van der Waals surface area contributed by atoms with Gasteiger partial charge in [0.05, 0.1) is 22.3 Å². The Morgan fingerprint density at radius 1 is 0.443 bits per heavy atom. The van der Waals surface area contributed by atoms with Gasteiger partial charge in [-0.15, -0.1) is 11.3 Å². The lowest BCUT2D eigenvalue weighted by molar-refractivity contribution is -0.137. The van der Waals surface area contributed by atoms with E-state index in [2.05, 4.69) is 77.4 Å². The van der Waals surface area contributed by atoms with E-state index in [9.17, 15) is 13.2 Å². The first kappa shape index (κ1) is 36.6. The number of aryl methyl sites for hydroxylation is 1. The Bertz CT molecular complexity index is 3420. The Morgan fingerprint density at radius 3 is 1.80 bits per heavy atom. The minimum absolute atomic E-state index is 0.488. The van der Waals surface area contributed by atoms with Crippen LogP contribution >= 0.6 is 11.3 Å². The summed E-state index contributed by atoms with van der Waals surface area (Å²) in [4.78, 5) is 15.5. The summed E-state index contributed by atoms with van der Waals surface area (Å²) in [5.41, 5.74) is 8.21. The molecule has 8 heteroatoms. The Morgan fingerprint density at radius 2 is 1.07 bits per heavy atom. The Balaban J connectivity index is 1.22. The number of para-hydroxylation sites is 1. The van der Waals surface area contributed by atoms with Gasteiger partial charge in [0, 0.05) is 47.6 Å². The molecule has 11 aromatic rings. The molecule has 3 heterocycles. The summed E-state index contributed by atoms with van der Waals surface area (Å²) in [5, 5.41) is 4.37. The van der Waals surface area contributed by atoms with Crippen LogP contribution in [-0.2, 0) is 6.18 Å². The molecule has 0 radical (unpaired) electrons. The third kappa shape index (κ3) is 6.44. The van der Waals surface area contributed by atoms with Gasteiger partial charge in [0.1, 0.15) is 0 Å². The van der Waals surface area contributed by atoms with Crippen LogP contribution in [0.5, 0.6) is 0 Å². The van der Waals surface area contributed by atoms with Gasteiger partial charge in [-0.2, -0.15) is 13.2 Å². The van der Waals surface area contributed by atoms with Gasteiger partial charge in [-0.25, -0.2) is 15.0 Å². The van der Waals surface area contributed by atoms with E-state index in [-0.39, 0.29) is 0 Å². The van der Waals surface area contributed by atoms with Crippen LogP contribution in [0.2, 0.25) is 0 Å². The number of nitrogens with zero attached hydrogens (tertiary/aromatic N) is 4. The van der Waals surface area contributed by atoms with E-state index in [0.717, 1.165) is 55.3 Å². The van der Waals surface area contributed by atoms with Gasteiger partial charge in [-0.3, -0.25) is 0 Å². The number of rotatable bonds is 6. The molecule has 0 N–H and O–H groups in total. The fourth-order valence-electron chi connectivity index (χ4n) is 8.54. The average Bonchev–Trinajstić information content (AvgIpc) is 3.84. The SMILES string of the molecule is Cc1cc(-c2ccc3c4ccccc4n(-c4ccc(-c5cccc6sc7ccccc7c56)cc4-c4nc(-c5ccccc5)nc(-c5ccccc5)n4)c3c2)cc(C(F)(F)F)c1. The molecule has 0 aliphatic heterocycles. The molecule has 0 spiro atoms. The van der Waals surface area contributed by atoms with Gasteiger partial charge >= 0.3 is 6.18 Å². The largest absolute Gasteiger partial charge is 0.416 e. The zero-order valence-electron chi connectivity index (χ0n) is 32.7. The van der Waals surface area contributed by atoms with Crippen molar-refractivity contribution in [3.8, 4) is 62.1 Å². The average molecular weight is 815 g/mol. The van der Waals surface area contributed by atoms with Crippen LogP contribution in [0.3, 0.4) is 0 Å². The van der Waals surface area contributed by atoms with Crippen molar-refractivity contribution in [2.75, 3.05) is 0 Å². The Labute approximate surface area is 352 Å². The van der Waals surface area contributed by atoms with E-state index in [1.807, 2.05) is 91.0 Å². The molecule has 0 aliphatic carbocycles. The Kier molecular flexibility index (Phi) is 8.65. The van der Waals surface area contributed by atoms with Crippen molar-refractivity contribution in [3.63, 3.8) is 0 Å². The predicted octanol–water partition coefficient (Wildman–Crippen LogP) is 15.0. The molecule has 0 bridgehead atoms. The van der Waals surface area contributed by atoms with Gasteiger partial charge in [0.2, 0.25) is 0 Å². The molecule has 11 rings (SSSR count). The summed E-state index contributed by atoms with van der Waals surface area (Å²) >= 11 is 1.78. The van der Waals surface area contributed by atoms with Crippen molar-refractivity contribution in [3.05, 3.63) is 193 Å². The summed E-state index contributed by atoms with van der Waals surface area (Å²) in [5.74, 6) is 1.56. The van der Waals surface area contributed by atoms with Gasteiger partial charge in [-0.05, 0) is 83.3 Å². The first-order valence-electron chi connectivity index (χ1n) is 19.9. The second-order valence-electron chi connectivity index (χ2n) is 15.2. The fourth-order valence-corrected chi connectivity index (χ4v) is 9.68. The van der Waals surface area contributed by atoms with Crippen molar-refractivity contribution >= 4 is 53.3 Å². The van der Waals surface area contributed by atoms with E-state index in [0.29, 0.717) is 34.2 Å². The third-order valence-electron chi connectivity index (χ3n) is 11.3. The minimum atomic E-state index is -4.47. The number of fused-ring (bicyclic) bond motifs is 6. The molecule has 4 nitrogen and oxygen atoms in total. The zero-order chi connectivity index (χ0) is 41.2. The van der Waals surface area contributed by atoms with Gasteiger partial charge in [0.15, 0.2) is 17.5 Å². The fraction of sp³-hybridized carbons (Fsp3) is 0.0377. The van der Waals surface area contributed by atoms with E-state index < -0.39 is 11.7 Å². The van der Waals surface area contributed by atoms with Crippen LogP contribution in [0, 0.1) is 6.92 Å². The quantitative estimate of drug-likeness (QED) is 0.168. The summed E-state index contributed by atoms with van der Waals surface area (Å²) in [7, 11) is 0. The van der Waals surface area contributed by atoms with Crippen molar-refractivity contribution < 1.29 is 13.2 Å². The maximum Gasteiger partial charge on any atom is 0.416 e. The Hall–Kier alpha value is -7.42. The van der Waals surface area contributed by atoms with Crippen molar-refractivity contribution in [1.29, 1.82) is 0 Å². The molecule has 0 atom stereocenters. The number of thiophene rings is 1. The maximum atomic E-state index is 14.1. The van der Waals surface area contributed by atoms with Crippen LogP contribution < -0.4 is 0 Å². The monoisotopic (exact) mass is 814 g/mol. The standard InChI is InChI=1S/C53H33F3N4S/c1-32-27-37(29-38(28-32)53(54,55)56)35-23-25-41-40-17-8-10-20-44(40)60(46(41)31-35)45-26-24-36(39-19-12-22-48-49(39)42-18-9-11-21-47(42)61-48)30-43(45)52-58-50(33-13-4-2-5-14-33)57-51(59-52)34-15-6-3-7-16-34/h2-31H,1H3. The van der Waals surface area contributed by atoms with E-state index >= 15 is 0 Å². The highest BCUT2D eigenvalue weighted by molar-refractivity contribution is 7.25. The second kappa shape index (κ2) is 14.4. The van der Waals surface area contributed by atoms with Crippen LogP contribution in [-0.4, -0.2) is 19.5 Å². The predicted molar refractivity (Wildman–Crippen MR) is 244 cm³/mol. The number of halogens is 3. The van der Waals surface area contributed by atoms with Crippen LogP contribution in [0.25, 0.3) is 104 Å². The molecule has 0 aliphatic rings. The topological polar surface area (TPSA) is 43.6 Å². The third-order valence-corrected chi connectivity index (χ3v) is 12.4. The molecule has 0 amide bonds. The number of alkyl halides is 3. The molecule has 8 aromatic carbocycles. The van der Waals surface area contributed by atoms with Crippen LogP contribution in [0.1, 0.15) is 11.1 Å². The summed E-state index contributed by atoms with van der Waals surface area (Å²) in [6.07, 6.45) is -4.47. The first-order valence-corrected chi connectivity index (χ1v) is 20.7. The molecule has 3 aromatic heterocycles. The highest BCUT2D eigenvalue weighted by atomic mass is 32.1. The highest BCUT2D eigenvalue weighted by Gasteiger charge is 2.31. The minimum Gasteiger partial charge on any atom is -0.308 e. The van der Waals surface area contributed by atoms with Gasteiger partial charge in [0.25, 0.3) is 0 Å². The van der Waals surface area contributed by atoms with Gasteiger partial charge in [-0.1, -0.05) is 133 Å².